The highest BCUT2D eigenvalue weighted by Gasteiger charge is 2.26. The van der Waals surface area contributed by atoms with Crippen LogP contribution in [0.15, 0.2) is 18.2 Å². The molecule has 5 nitrogen and oxygen atoms in total. The van der Waals surface area contributed by atoms with Gasteiger partial charge in [0.05, 0.1) is 5.69 Å². The summed E-state index contributed by atoms with van der Waals surface area (Å²) in [5.41, 5.74) is 2.18. The molecular weight excluding hydrogens is 254 g/mol. The number of rotatable bonds is 4. The third-order valence-electron chi connectivity index (χ3n) is 3.59. The van der Waals surface area contributed by atoms with Crippen LogP contribution in [-0.2, 0) is 0 Å². The van der Waals surface area contributed by atoms with Crippen molar-refractivity contribution >= 4 is 11.8 Å². The number of fused-ring (bicyclic) bond motifs is 1. The molecule has 5 heteroatoms. The van der Waals surface area contributed by atoms with Gasteiger partial charge in [-0.05, 0) is 32.6 Å². The number of hydrogen-bond acceptors (Lipinski definition) is 4. The summed E-state index contributed by atoms with van der Waals surface area (Å²) in [5.74, 6) is 1.05. The van der Waals surface area contributed by atoms with Crippen molar-refractivity contribution in [2.24, 2.45) is 0 Å². The molecule has 2 rings (SSSR count). The second-order valence-electron chi connectivity index (χ2n) is 5.44. The van der Waals surface area contributed by atoms with E-state index in [1.807, 2.05) is 19.1 Å². The van der Waals surface area contributed by atoms with Crippen molar-refractivity contribution in [3.63, 3.8) is 0 Å². The molecule has 0 radical (unpaired) electrons. The number of likely N-dealkylation sites (N-methyl/N-ethyl adjacent to an activating group) is 1. The number of anilines is 1. The van der Waals surface area contributed by atoms with E-state index in [9.17, 15) is 4.79 Å². The molecule has 1 aromatic carbocycles. The molecule has 0 bridgehead atoms. The number of nitrogens with zero attached hydrogens (tertiary/aromatic N) is 2. The van der Waals surface area contributed by atoms with E-state index in [0.29, 0.717) is 18.2 Å². The lowest BCUT2D eigenvalue weighted by Crippen LogP contribution is -2.29. The van der Waals surface area contributed by atoms with Crippen molar-refractivity contribution in [2.75, 3.05) is 46.1 Å². The minimum atomic E-state index is -0.321. The van der Waals surface area contributed by atoms with Gasteiger partial charge < -0.3 is 19.9 Å². The van der Waals surface area contributed by atoms with Gasteiger partial charge in [0.1, 0.15) is 0 Å². The lowest BCUT2D eigenvalue weighted by Gasteiger charge is -2.17. The molecule has 1 aliphatic rings. The van der Waals surface area contributed by atoms with Crippen molar-refractivity contribution in [1.82, 2.24) is 9.80 Å². The molecule has 1 aliphatic heterocycles. The Hall–Kier alpha value is -1.75. The summed E-state index contributed by atoms with van der Waals surface area (Å²) in [4.78, 5) is 15.6. The molecule has 1 N–H and O–H groups in total. The highest BCUT2D eigenvalue weighted by atomic mass is 16.6. The van der Waals surface area contributed by atoms with Gasteiger partial charge in [0.2, 0.25) is 0 Å². The molecule has 20 heavy (non-hydrogen) atoms. The Morgan fingerprint density at radius 3 is 2.80 bits per heavy atom. The Morgan fingerprint density at radius 2 is 2.15 bits per heavy atom. The number of carbonyl (C=O) groups is 1. The maximum atomic E-state index is 11.9. The normalized spacial score (nSPS) is 16.8. The van der Waals surface area contributed by atoms with Crippen LogP contribution in [0.3, 0.4) is 0 Å². The smallest absolute Gasteiger partial charge is 0.408 e. The van der Waals surface area contributed by atoms with Gasteiger partial charge in [-0.3, -0.25) is 0 Å². The highest BCUT2D eigenvalue weighted by Crippen LogP contribution is 2.38. The van der Waals surface area contributed by atoms with Crippen LogP contribution >= 0.6 is 0 Å². The van der Waals surface area contributed by atoms with Crippen LogP contribution in [0, 0.1) is 0 Å². The third-order valence-corrected chi connectivity index (χ3v) is 3.59. The van der Waals surface area contributed by atoms with Gasteiger partial charge in [-0.1, -0.05) is 12.1 Å². The van der Waals surface area contributed by atoms with E-state index in [1.54, 1.807) is 11.9 Å². The monoisotopic (exact) mass is 277 g/mol. The first-order valence-electron chi connectivity index (χ1n) is 6.97. The van der Waals surface area contributed by atoms with E-state index in [1.165, 1.54) is 5.56 Å². The summed E-state index contributed by atoms with van der Waals surface area (Å²) in [5, 5.41) is 3.36. The van der Waals surface area contributed by atoms with Crippen LogP contribution in [0.25, 0.3) is 0 Å². The van der Waals surface area contributed by atoms with E-state index in [-0.39, 0.29) is 6.09 Å². The second kappa shape index (κ2) is 6.13. The molecule has 1 amide bonds. The Kier molecular flexibility index (Phi) is 4.49. The van der Waals surface area contributed by atoms with Crippen LogP contribution in [-0.4, -0.2) is 56.7 Å². The average Bonchev–Trinajstić information content (AvgIpc) is 2.81. The van der Waals surface area contributed by atoms with E-state index >= 15 is 0 Å². The molecule has 1 aromatic rings. The number of ether oxygens (including phenoxy) is 1. The number of para-hydroxylation sites is 1. The topological polar surface area (TPSA) is 44.8 Å². The van der Waals surface area contributed by atoms with Crippen LogP contribution in [0.5, 0.6) is 5.75 Å². The lowest BCUT2D eigenvalue weighted by molar-refractivity contribution is 0.165. The first-order valence-corrected chi connectivity index (χ1v) is 6.97. The van der Waals surface area contributed by atoms with Gasteiger partial charge in [0.15, 0.2) is 5.75 Å². The summed E-state index contributed by atoms with van der Waals surface area (Å²) in [6, 6.07) is 5.89. The fraction of sp³-hybridized carbons (Fsp3) is 0.533. The number of carbonyl (C=O) groups excluding carboxylic acids is 1. The molecule has 0 fully saturated rings. The van der Waals surface area contributed by atoms with Gasteiger partial charge in [-0.25, -0.2) is 4.79 Å². The molecule has 0 spiro atoms. The molecule has 0 aromatic heterocycles. The molecule has 1 atom stereocenters. The quantitative estimate of drug-likeness (QED) is 0.916. The minimum Gasteiger partial charge on any atom is -0.408 e. The van der Waals surface area contributed by atoms with Crippen LogP contribution in [0.2, 0.25) is 0 Å². The summed E-state index contributed by atoms with van der Waals surface area (Å²) in [6.45, 7) is 4.41. The number of amides is 1. The molecule has 0 aliphatic carbocycles. The molecule has 0 saturated heterocycles. The predicted molar refractivity (Wildman–Crippen MR) is 80.6 cm³/mol. The second-order valence-corrected chi connectivity index (χ2v) is 5.44. The first-order chi connectivity index (χ1) is 9.52. The average molecular weight is 277 g/mol. The Morgan fingerprint density at radius 1 is 1.40 bits per heavy atom. The van der Waals surface area contributed by atoms with Crippen LogP contribution in [0.1, 0.15) is 18.4 Å². The zero-order valence-electron chi connectivity index (χ0n) is 12.6. The van der Waals surface area contributed by atoms with Crippen molar-refractivity contribution in [1.29, 1.82) is 0 Å². The van der Waals surface area contributed by atoms with Gasteiger partial charge in [0, 0.05) is 32.6 Å². The van der Waals surface area contributed by atoms with Gasteiger partial charge in [-0.2, -0.15) is 0 Å². The number of nitrogens with one attached hydrogen (secondary N) is 1. The Labute approximate surface area is 120 Å². The fourth-order valence-electron chi connectivity index (χ4n) is 2.40. The van der Waals surface area contributed by atoms with Crippen LogP contribution < -0.4 is 10.1 Å². The van der Waals surface area contributed by atoms with Crippen molar-refractivity contribution in [3.8, 4) is 5.75 Å². The molecule has 0 saturated carbocycles. The largest absolute Gasteiger partial charge is 0.415 e. The summed E-state index contributed by atoms with van der Waals surface area (Å²) in [7, 11) is 5.87. The van der Waals surface area contributed by atoms with Crippen molar-refractivity contribution in [2.45, 2.75) is 12.8 Å². The summed E-state index contributed by atoms with van der Waals surface area (Å²) >= 11 is 0. The first kappa shape index (κ1) is 14.7. The van der Waals surface area contributed by atoms with Gasteiger partial charge >= 0.3 is 6.09 Å². The molecule has 1 heterocycles. The molecule has 1 unspecified atom stereocenters. The molecular formula is C15H23N3O2. The van der Waals surface area contributed by atoms with E-state index in [4.69, 9.17) is 4.74 Å². The van der Waals surface area contributed by atoms with Crippen molar-refractivity contribution < 1.29 is 9.53 Å². The maximum absolute atomic E-state index is 11.9. The van der Waals surface area contributed by atoms with E-state index in [2.05, 4.69) is 30.4 Å². The maximum Gasteiger partial charge on any atom is 0.415 e. The summed E-state index contributed by atoms with van der Waals surface area (Å²) in [6.07, 6.45) is -0.321. The number of benzene rings is 1. The van der Waals surface area contributed by atoms with Crippen LogP contribution in [0.4, 0.5) is 10.5 Å². The van der Waals surface area contributed by atoms with Crippen molar-refractivity contribution in [3.05, 3.63) is 23.8 Å². The third kappa shape index (κ3) is 3.04. The number of hydrogen-bond donors (Lipinski definition) is 1. The minimum absolute atomic E-state index is 0.321. The zero-order valence-corrected chi connectivity index (χ0v) is 12.6. The summed E-state index contributed by atoms with van der Waals surface area (Å²) < 4.78 is 5.47. The van der Waals surface area contributed by atoms with E-state index < -0.39 is 0 Å². The van der Waals surface area contributed by atoms with Gasteiger partial charge in [0.25, 0.3) is 0 Å². The van der Waals surface area contributed by atoms with E-state index in [0.717, 1.165) is 18.8 Å². The highest BCUT2D eigenvalue weighted by molar-refractivity contribution is 5.76. The Balaban J connectivity index is 2.17. The SMILES string of the molecule is CCN(C)C(=O)Oc1cccc2c1NCC2CN(C)C. The fourth-order valence-corrected chi connectivity index (χ4v) is 2.40. The molecule has 110 valence electrons. The predicted octanol–water partition coefficient (Wildman–Crippen LogP) is 2.21. The zero-order chi connectivity index (χ0) is 14.7. The Bertz CT molecular complexity index is 488. The lowest BCUT2D eigenvalue weighted by atomic mass is 10.0. The standard InChI is InChI=1S/C15H23N3O2/c1-5-18(4)15(19)20-13-8-6-7-12-11(10-17(2)3)9-16-14(12)13/h6-8,11,16H,5,9-10H2,1-4H3. The van der Waals surface area contributed by atoms with Gasteiger partial charge in [-0.15, -0.1) is 0 Å².